The van der Waals surface area contributed by atoms with E-state index in [1.807, 2.05) is 18.2 Å². The van der Waals surface area contributed by atoms with E-state index in [1.54, 1.807) is 0 Å². The van der Waals surface area contributed by atoms with E-state index in [2.05, 4.69) is 72.1 Å². The molecule has 2 N–H and O–H groups in total. The van der Waals surface area contributed by atoms with Crippen LogP contribution in [0.1, 0.15) is 29.3 Å². The van der Waals surface area contributed by atoms with Crippen LogP contribution >= 0.6 is 0 Å². The van der Waals surface area contributed by atoms with Gasteiger partial charge in [0.25, 0.3) is 0 Å². The van der Waals surface area contributed by atoms with Gasteiger partial charge in [0, 0.05) is 23.8 Å². The molecule has 3 heteroatoms. The van der Waals surface area contributed by atoms with E-state index >= 15 is 0 Å². The van der Waals surface area contributed by atoms with Crippen LogP contribution in [0.15, 0.2) is 79.0 Å². The number of primary amides is 1. The van der Waals surface area contributed by atoms with Crippen LogP contribution in [0.2, 0.25) is 0 Å². The molecule has 0 spiro atoms. The number of carbonyl (C=O) groups excluding carboxylic acids is 1. The van der Waals surface area contributed by atoms with Gasteiger partial charge in [0.2, 0.25) is 5.91 Å². The van der Waals surface area contributed by atoms with Crippen LogP contribution in [0.25, 0.3) is 16.6 Å². The molecule has 2 aromatic heterocycles. The molecule has 4 rings (SSSR count). The monoisotopic (exact) mass is 368 g/mol. The lowest BCUT2D eigenvalue weighted by Crippen LogP contribution is -2.14. The van der Waals surface area contributed by atoms with Gasteiger partial charge < -0.3 is 10.1 Å². The highest BCUT2D eigenvalue weighted by Gasteiger charge is 2.19. The highest BCUT2D eigenvalue weighted by atomic mass is 16.1. The van der Waals surface area contributed by atoms with Gasteiger partial charge in [-0.1, -0.05) is 67.6 Å². The minimum Gasteiger partial charge on any atom is -0.369 e. The number of hydrogen-bond acceptors (Lipinski definition) is 1. The first-order chi connectivity index (χ1) is 13.7. The summed E-state index contributed by atoms with van der Waals surface area (Å²) in [7, 11) is 0. The number of rotatable bonds is 6. The van der Waals surface area contributed by atoms with Gasteiger partial charge in [-0.05, 0) is 46.4 Å². The molecule has 0 aliphatic rings. The van der Waals surface area contributed by atoms with Gasteiger partial charge in [-0.25, -0.2) is 0 Å². The van der Waals surface area contributed by atoms with E-state index in [1.165, 1.54) is 27.9 Å². The lowest BCUT2D eigenvalue weighted by atomic mass is 9.94. The average Bonchev–Trinajstić information content (AvgIpc) is 3.01. The second-order valence-electron chi connectivity index (χ2n) is 7.06. The van der Waals surface area contributed by atoms with Crippen LogP contribution in [0.5, 0.6) is 0 Å². The van der Waals surface area contributed by atoms with Crippen molar-refractivity contribution >= 4 is 11.4 Å². The van der Waals surface area contributed by atoms with E-state index in [4.69, 9.17) is 5.73 Å². The van der Waals surface area contributed by atoms with Crippen LogP contribution in [-0.2, 0) is 24.1 Å². The topological polar surface area (TPSA) is 47.5 Å². The number of nitrogens with zero attached hydrogens (tertiary/aromatic N) is 1. The first kappa shape index (κ1) is 18.1. The zero-order valence-corrected chi connectivity index (χ0v) is 16.1. The molecule has 0 atom stereocenters. The zero-order chi connectivity index (χ0) is 19.5. The van der Waals surface area contributed by atoms with Crippen LogP contribution in [0.3, 0.4) is 0 Å². The first-order valence-electron chi connectivity index (χ1n) is 9.70. The summed E-state index contributed by atoms with van der Waals surface area (Å²) in [4.78, 5) is 11.7. The summed E-state index contributed by atoms with van der Waals surface area (Å²) >= 11 is 0. The quantitative estimate of drug-likeness (QED) is 0.523. The summed E-state index contributed by atoms with van der Waals surface area (Å²) < 4.78 is 2.22. The highest BCUT2D eigenvalue weighted by molar-refractivity contribution is 5.81. The Morgan fingerprint density at radius 3 is 2.36 bits per heavy atom. The van der Waals surface area contributed by atoms with Crippen LogP contribution in [0, 0.1) is 0 Å². The number of fused-ring (bicyclic) bond motifs is 1. The Morgan fingerprint density at radius 2 is 1.61 bits per heavy atom. The summed E-state index contributed by atoms with van der Waals surface area (Å²) in [5.74, 6) is -0.290. The van der Waals surface area contributed by atoms with E-state index in [0.717, 1.165) is 23.9 Å². The molecule has 28 heavy (non-hydrogen) atoms. The van der Waals surface area contributed by atoms with Gasteiger partial charge in [0.15, 0.2) is 0 Å². The maximum atomic E-state index is 11.7. The van der Waals surface area contributed by atoms with Gasteiger partial charge in [0.05, 0.1) is 6.42 Å². The lowest BCUT2D eigenvalue weighted by Gasteiger charge is -2.12. The predicted octanol–water partition coefficient (Wildman–Crippen LogP) is 4.79. The highest BCUT2D eigenvalue weighted by Crippen LogP contribution is 2.30. The summed E-state index contributed by atoms with van der Waals surface area (Å²) in [5.41, 5.74) is 13.9. The van der Waals surface area contributed by atoms with Crippen molar-refractivity contribution in [1.82, 2.24) is 4.40 Å². The molecule has 0 saturated carbocycles. The number of benzene rings is 2. The van der Waals surface area contributed by atoms with Gasteiger partial charge in [-0.15, -0.1) is 0 Å². The fraction of sp³-hybridized carbons (Fsp3) is 0.160. The van der Waals surface area contributed by atoms with Crippen LogP contribution in [-0.4, -0.2) is 10.3 Å². The van der Waals surface area contributed by atoms with E-state index in [0.29, 0.717) is 0 Å². The molecule has 140 valence electrons. The molecule has 0 bridgehead atoms. The molecule has 0 unspecified atom stereocenters. The molecule has 4 aromatic rings. The second-order valence-corrected chi connectivity index (χ2v) is 7.06. The summed E-state index contributed by atoms with van der Waals surface area (Å²) in [6.07, 6.45) is 4.03. The third-order valence-corrected chi connectivity index (χ3v) is 5.34. The molecule has 3 nitrogen and oxygen atoms in total. The van der Waals surface area contributed by atoms with Gasteiger partial charge in [0.1, 0.15) is 0 Å². The first-order valence-corrected chi connectivity index (χ1v) is 9.70. The minimum absolute atomic E-state index is 0.275. The summed E-state index contributed by atoms with van der Waals surface area (Å²) in [6, 6.07) is 25.1. The molecular formula is C25H24N2O. The Labute approximate surface area is 165 Å². The Bertz CT molecular complexity index is 1130. The molecule has 0 aliphatic heterocycles. The standard InChI is InChI=1S/C25H24N2O/c1-2-20-22(17-25(26)28)23-14-8-9-15-27(23)24(20)16-19-12-6-7-13-21(19)18-10-4-3-5-11-18/h3-15H,2,16-17H2,1H3,(H2,26,28). The van der Waals surface area contributed by atoms with E-state index < -0.39 is 0 Å². The molecule has 1 amide bonds. The Morgan fingerprint density at radius 1 is 0.893 bits per heavy atom. The van der Waals surface area contributed by atoms with Crippen molar-refractivity contribution in [3.05, 3.63) is 101 Å². The Hall–Kier alpha value is -3.33. The normalized spacial score (nSPS) is 11.0. The largest absolute Gasteiger partial charge is 0.369 e. The smallest absolute Gasteiger partial charge is 0.221 e. The molecule has 2 heterocycles. The van der Waals surface area contributed by atoms with Crippen molar-refractivity contribution < 1.29 is 4.79 Å². The number of pyridine rings is 1. The Balaban J connectivity index is 1.87. The Kier molecular flexibility index (Phi) is 4.98. The average molecular weight is 368 g/mol. The zero-order valence-electron chi connectivity index (χ0n) is 16.1. The maximum Gasteiger partial charge on any atom is 0.221 e. The third kappa shape index (κ3) is 3.31. The maximum absolute atomic E-state index is 11.7. The van der Waals surface area contributed by atoms with Crippen molar-refractivity contribution in [1.29, 1.82) is 0 Å². The van der Waals surface area contributed by atoms with Crippen molar-refractivity contribution in [2.75, 3.05) is 0 Å². The lowest BCUT2D eigenvalue weighted by molar-refractivity contribution is -0.117. The second kappa shape index (κ2) is 7.73. The molecule has 0 aliphatic carbocycles. The fourth-order valence-electron chi connectivity index (χ4n) is 4.13. The van der Waals surface area contributed by atoms with Gasteiger partial charge in [-0.3, -0.25) is 4.79 Å². The van der Waals surface area contributed by atoms with Crippen LogP contribution in [0.4, 0.5) is 0 Å². The summed E-state index contributed by atoms with van der Waals surface area (Å²) in [6.45, 7) is 2.14. The van der Waals surface area contributed by atoms with Crippen molar-refractivity contribution in [3.8, 4) is 11.1 Å². The van der Waals surface area contributed by atoms with Crippen molar-refractivity contribution in [2.45, 2.75) is 26.2 Å². The number of amides is 1. The number of hydrogen-bond donors (Lipinski definition) is 1. The van der Waals surface area contributed by atoms with E-state index in [9.17, 15) is 4.79 Å². The number of carbonyl (C=O) groups is 1. The number of aromatic nitrogens is 1. The molecule has 0 fully saturated rings. The van der Waals surface area contributed by atoms with Gasteiger partial charge >= 0.3 is 0 Å². The molecule has 0 radical (unpaired) electrons. The van der Waals surface area contributed by atoms with Crippen molar-refractivity contribution in [2.24, 2.45) is 5.73 Å². The number of nitrogens with two attached hydrogens (primary N) is 1. The van der Waals surface area contributed by atoms with Crippen LogP contribution < -0.4 is 5.73 Å². The van der Waals surface area contributed by atoms with Gasteiger partial charge in [-0.2, -0.15) is 0 Å². The predicted molar refractivity (Wildman–Crippen MR) is 114 cm³/mol. The third-order valence-electron chi connectivity index (χ3n) is 5.34. The minimum atomic E-state index is -0.290. The SMILES string of the molecule is CCc1c(CC(N)=O)c2ccccn2c1Cc1ccccc1-c1ccccc1. The fourth-order valence-corrected chi connectivity index (χ4v) is 4.13. The molecule has 2 aromatic carbocycles. The molecular weight excluding hydrogens is 344 g/mol. The molecule has 0 saturated heterocycles. The van der Waals surface area contributed by atoms with E-state index in [-0.39, 0.29) is 12.3 Å². The summed E-state index contributed by atoms with van der Waals surface area (Å²) in [5, 5.41) is 0. The van der Waals surface area contributed by atoms with Crippen molar-refractivity contribution in [3.63, 3.8) is 0 Å².